The molecule has 0 fully saturated rings. The second-order valence-electron chi connectivity index (χ2n) is 7.58. The fourth-order valence-electron chi connectivity index (χ4n) is 3.16. The molecule has 0 radical (unpaired) electrons. The van der Waals surface area contributed by atoms with E-state index in [9.17, 15) is 18.0 Å². The summed E-state index contributed by atoms with van der Waals surface area (Å²) in [6, 6.07) is 17.6. The van der Waals surface area contributed by atoms with Crippen molar-refractivity contribution in [2.24, 2.45) is 0 Å². The van der Waals surface area contributed by atoms with Crippen LogP contribution in [0.4, 0.5) is 5.69 Å². The number of aryl methyl sites for hydroxylation is 1. The molecule has 0 spiro atoms. The lowest BCUT2D eigenvalue weighted by Crippen LogP contribution is -2.34. The second-order valence-corrected chi connectivity index (χ2v) is 9.23. The van der Waals surface area contributed by atoms with Gasteiger partial charge >= 0.3 is 0 Å². The van der Waals surface area contributed by atoms with Crippen LogP contribution >= 0.6 is 0 Å². The number of sulfonamides is 1. The summed E-state index contributed by atoms with van der Waals surface area (Å²) in [7, 11) is -1.12. The molecule has 0 heterocycles. The summed E-state index contributed by atoms with van der Waals surface area (Å²) in [6.45, 7) is 2.23. The van der Waals surface area contributed by atoms with Crippen LogP contribution in [-0.4, -0.2) is 47.5 Å². The van der Waals surface area contributed by atoms with E-state index in [1.54, 1.807) is 55.6 Å². The number of anilines is 1. The van der Waals surface area contributed by atoms with Crippen molar-refractivity contribution in [2.45, 2.75) is 11.8 Å². The van der Waals surface area contributed by atoms with Gasteiger partial charge in [0.2, 0.25) is 0 Å². The number of carbonyl (C=O) groups is 2. The Hall–Kier alpha value is -4.05. The molecule has 0 saturated carbocycles. The zero-order chi connectivity index (χ0) is 25.4. The maximum absolute atomic E-state index is 13.0. The van der Waals surface area contributed by atoms with E-state index in [0.29, 0.717) is 17.0 Å². The van der Waals surface area contributed by atoms with Crippen molar-refractivity contribution in [1.82, 2.24) is 10.6 Å². The lowest BCUT2D eigenvalue weighted by Gasteiger charge is -2.13. The van der Waals surface area contributed by atoms with Gasteiger partial charge < -0.3 is 20.1 Å². The van der Waals surface area contributed by atoms with Crippen molar-refractivity contribution < 1.29 is 27.5 Å². The largest absolute Gasteiger partial charge is 0.497 e. The Balaban J connectivity index is 1.62. The number of methoxy groups -OCH3 is 2. The number of benzene rings is 3. The van der Waals surface area contributed by atoms with Gasteiger partial charge in [-0.1, -0.05) is 17.7 Å². The predicted octanol–water partition coefficient (Wildman–Crippen LogP) is 2.97. The smallest absolute Gasteiger partial charge is 0.265 e. The molecule has 3 aromatic rings. The minimum absolute atomic E-state index is 0.105. The molecule has 3 N–H and O–H groups in total. The molecule has 0 bridgehead atoms. The number of nitrogens with one attached hydrogen (secondary N) is 3. The molecule has 0 aliphatic rings. The summed E-state index contributed by atoms with van der Waals surface area (Å²) in [5.74, 6) is -0.0308. The van der Waals surface area contributed by atoms with Crippen LogP contribution in [-0.2, 0) is 10.0 Å². The number of hydrogen-bond acceptors (Lipinski definition) is 6. The van der Waals surface area contributed by atoms with Crippen LogP contribution in [0.5, 0.6) is 11.5 Å². The minimum atomic E-state index is -4.02. The van der Waals surface area contributed by atoms with Gasteiger partial charge in [0.1, 0.15) is 16.4 Å². The van der Waals surface area contributed by atoms with Gasteiger partial charge in [-0.05, 0) is 61.5 Å². The number of hydrogen-bond donors (Lipinski definition) is 3. The first-order valence-electron chi connectivity index (χ1n) is 10.7. The van der Waals surface area contributed by atoms with Crippen molar-refractivity contribution >= 4 is 27.5 Å². The van der Waals surface area contributed by atoms with Gasteiger partial charge in [0.15, 0.2) is 0 Å². The molecule has 0 unspecified atom stereocenters. The van der Waals surface area contributed by atoms with Gasteiger partial charge in [-0.3, -0.25) is 14.3 Å². The highest BCUT2D eigenvalue weighted by Gasteiger charge is 2.22. The SMILES string of the molecule is COc1ccc(C(=O)NCCNC(=O)c2ccc(OC)c(S(=O)(=O)Nc3ccc(C)cc3)c2)cc1. The topological polar surface area (TPSA) is 123 Å². The highest BCUT2D eigenvalue weighted by molar-refractivity contribution is 7.92. The minimum Gasteiger partial charge on any atom is -0.497 e. The van der Waals surface area contributed by atoms with E-state index in [2.05, 4.69) is 15.4 Å². The van der Waals surface area contributed by atoms with Crippen LogP contribution in [0.25, 0.3) is 0 Å². The van der Waals surface area contributed by atoms with Crippen molar-refractivity contribution in [1.29, 1.82) is 0 Å². The summed E-state index contributed by atoms with van der Waals surface area (Å²) in [5.41, 5.74) is 1.98. The normalized spacial score (nSPS) is 10.8. The zero-order valence-corrected chi connectivity index (χ0v) is 20.4. The lowest BCUT2D eigenvalue weighted by atomic mass is 10.2. The van der Waals surface area contributed by atoms with Crippen LogP contribution < -0.4 is 24.8 Å². The molecule has 9 nitrogen and oxygen atoms in total. The number of amides is 2. The van der Waals surface area contributed by atoms with Gasteiger partial charge in [0, 0.05) is 29.9 Å². The van der Waals surface area contributed by atoms with Gasteiger partial charge in [-0.25, -0.2) is 8.42 Å². The fraction of sp³-hybridized carbons (Fsp3) is 0.200. The molecule has 3 aromatic carbocycles. The van der Waals surface area contributed by atoms with Crippen molar-refractivity contribution in [2.75, 3.05) is 32.0 Å². The van der Waals surface area contributed by atoms with E-state index in [-0.39, 0.29) is 35.2 Å². The number of ether oxygens (including phenoxy) is 2. The van der Waals surface area contributed by atoms with E-state index in [4.69, 9.17) is 9.47 Å². The molecule has 0 aliphatic heterocycles. The number of carbonyl (C=O) groups excluding carboxylic acids is 2. The molecule has 2 amide bonds. The predicted molar refractivity (Wildman–Crippen MR) is 133 cm³/mol. The molecule has 0 aromatic heterocycles. The third-order valence-corrected chi connectivity index (χ3v) is 6.47. The Kier molecular flexibility index (Phi) is 8.32. The van der Waals surface area contributed by atoms with Gasteiger partial charge in [0.25, 0.3) is 21.8 Å². The Morgan fingerprint density at radius 1 is 0.771 bits per heavy atom. The van der Waals surface area contributed by atoms with E-state index >= 15 is 0 Å². The summed E-state index contributed by atoms with van der Waals surface area (Å²) in [6.07, 6.45) is 0. The van der Waals surface area contributed by atoms with Crippen molar-refractivity contribution in [3.05, 3.63) is 83.4 Å². The quantitative estimate of drug-likeness (QED) is 0.370. The van der Waals surface area contributed by atoms with Crippen LogP contribution in [0.3, 0.4) is 0 Å². The first kappa shape index (κ1) is 25.6. The lowest BCUT2D eigenvalue weighted by molar-refractivity contribution is 0.0927. The van der Waals surface area contributed by atoms with Crippen LogP contribution in [0.1, 0.15) is 26.3 Å². The standard InChI is InChI=1S/C25H27N3O6S/c1-17-4-9-20(10-5-17)28-35(31,32)23-16-19(8-13-22(23)34-3)25(30)27-15-14-26-24(29)18-6-11-21(33-2)12-7-18/h4-13,16,28H,14-15H2,1-3H3,(H,26,29)(H,27,30). The van der Waals surface area contributed by atoms with E-state index in [1.807, 2.05) is 6.92 Å². The van der Waals surface area contributed by atoms with E-state index in [0.717, 1.165) is 5.56 Å². The maximum Gasteiger partial charge on any atom is 0.265 e. The van der Waals surface area contributed by atoms with Crippen molar-refractivity contribution in [3.8, 4) is 11.5 Å². The summed E-state index contributed by atoms with van der Waals surface area (Å²) in [5, 5.41) is 5.37. The zero-order valence-electron chi connectivity index (χ0n) is 19.6. The molecule has 184 valence electrons. The molecule has 35 heavy (non-hydrogen) atoms. The second kappa shape index (κ2) is 11.4. The first-order valence-corrected chi connectivity index (χ1v) is 12.2. The molecular weight excluding hydrogens is 470 g/mol. The number of rotatable bonds is 10. The Morgan fingerprint density at radius 3 is 1.91 bits per heavy atom. The van der Waals surface area contributed by atoms with E-state index in [1.165, 1.54) is 25.3 Å². The van der Waals surface area contributed by atoms with E-state index < -0.39 is 15.9 Å². The van der Waals surface area contributed by atoms with Crippen LogP contribution in [0.2, 0.25) is 0 Å². The average molecular weight is 498 g/mol. The third kappa shape index (κ3) is 6.73. The molecule has 0 atom stereocenters. The maximum atomic E-state index is 13.0. The Bertz CT molecular complexity index is 1290. The van der Waals surface area contributed by atoms with Crippen LogP contribution in [0.15, 0.2) is 71.6 Å². The first-order chi connectivity index (χ1) is 16.7. The Labute approximate surface area is 204 Å². The van der Waals surface area contributed by atoms with Gasteiger partial charge in [-0.15, -0.1) is 0 Å². The summed E-state index contributed by atoms with van der Waals surface area (Å²) >= 11 is 0. The average Bonchev–Trinajstić information content (AvgIpc) is 2.87. The molecule has 0 aliphatic carbocycles. The summed E-state index contributed by atoms with van der Waals surface area (Å²) < 4.78 is 38.7. The van der Waals surface area contributed by atoms with Crippen molar-refractivity contribution in [3.63, 3.8) is 0 Å². The van der Waals surface area contributed by atoms with Gasteiger partial charge in [0.05, 0.1) is 14.2 Å². The fourth-order valence-corrected chi connectivity index (χ4v) is 4.41. The Morgan fingerprint density at radius 2 is 1.34 bits per heavy atom. The molecule has 3 rings (SSSR count). The molecule has 10 heteroatoms. The third-order valence-electron chi connectivity index (χ3n) is 5.07. The molecule has 0 saturated heterocycles. The van der Waals surface area contributed by atoms with Gasteiger partial charge in [-0.2, -0.15) is 0 Å². The molecular formula is C25H27N3O6S. The van der Waals surface area contributed by atoms with Crippen LogP contribution in [0, 0.1) is 6.92 Å². The highest BCUT2D eigenvalue weighted by atomic mass is 32.2. The highest BCUT2D eigenvalue weighted by Crippen LogP contribution is 2.27. The summed E-state index contributed by atoms with van der Waals surface area (Å²) in [4.78, 5) is 24.6. The monoisotopic (exact) mass is 497 g/mol.